The fraction of sp³-hybridized carbons (Fsp3) is 0.647. The molecule has 4 unspecified atom stereocenters. The predicted molar refractivity (Wildman–Crippen MR) is 185 cm³/mol. The average Bonchev–Trinajstić information content (AvgIpc) is 3.33. The Morgan fingerprint density at radius 2 is 1.28 bits per heavy atom. The molecule has 13 heteroatoms. The molecule has 47 heavy (non-hydrogen) atoms. The van der Waals surface area contributed by atoms with Gasteiger partial charge in [0.2, 0.25) is 5.95 Å². The molecule has 0 aromatic carbocycles. The summed E-state index contributed by atoms with van der Waals surface area (Å²) in [7, 11) is 0. The van der Waals surface area contributed by atoms with E-state index in [0.29, 0.717) is 12.1 Å². The van der Waals surface area contributed by atoms with Crippen molar-refractivity contribution in [2.24, 2.45) is 0 Å². The molecule has 0 saturated carbocycles. The van der Waals surface area contributed by atoms with E-state index in [9.17, 15) is 14.0 Å². The molecule has 6 heterocycles. The fourth-order valence-corrected chi connectivity index (χ4v) is 7.24. The lowest BCUT2D eigenvalue weighted by atomic mass is 10.1. The molecule has 4 bridgehead atoms. The number of aromatic nitrogens is 2. The summed E-state index contributed by atoms with van der Waals surface area (Å²) in [6.45, 7) is 18.8. The maximum absolute atomic E-state index is 12.5. The maximum atomic E-state index is 12.5. The lowest BCUT2D eigenvalue weighted by Gasteiger charge is -2.41. The Morgan fingerprint density at radius 3 is 1.72 bits per heavy atom. The van der Waals surface area contributed by atoms with Crippen LogP contribution in [0.4, 0.5) is 19.8 Å². The number of ether oxygens (including phenoxy) is 2. The van der Waals surface area contributed by atoms with Crippen LogP contribution in [0, 0.1) is 19.8 Å². The number of piperazine rings is 2. The van der Waals surface area contributed by atoms with Crippen LogP contribution < -0.4 is 10.2 Å². The third-order valence-electron chi connectivity index (χ3n) is 8.23. The molecule has 4 atom stereocenters. The van der Waals surface area contributed by atoms with Gasteiger partial charge in [0.15, 0.2) is 0 Å². The number of halogens is 3. The highest BCUT2D eigenvalue weighted by Crippen LogP contribution is 2.34. The molecule has 2 aromatic rings. The molecule has 2 amide bonds. The van der Waals surface area contributed by atoms with Gasteiger partial charge >= 0.3 is 12.2 Å². The number of nitrogens with one attached hydrogen (secondary N) is 1. The molecule has 4 aliphatic rings. The maximum Gasteiger partial charge on any atom is 0.410 e. The largest absolute Gasteiger partial charge is 0.444 e. The molecule has 4 fully saturated rings. The summed E-state index contributed by atoms with van der Waals surface area (Å²) in [5.74, 6) is 0.456. The zero-order valence-electron chi connectivity index (χ0n) is 28.8. The van der Waals surface area contributed by atoms with Crippen molar-refractivity contribution >= 4 is 45.5 Å². The lowest BCUT2D eigenvalue weighted by Crippen LogP contribution is -2.57. The van der Waals surface area contributed by atoms with Crippen LogP contribution in [0.25, 0.3) is 0 Å². The second-order valence-corrected chi connectivity index (χ2v) is 15.9. The van der Waals surface area contributed by atoms with Crippen molar-refractivity contribution in [1.82, 2.24) is 25.1 Å². The topological polar surface area (TPSA) is 100 Å². The molecule has 1 N–H and O–H groups in total. The SMILES string of the molecule is CC(C)(C)OC(=O)N1C2CCC1CNC2.Cc1cc(Br)nc(N2CC3CCC(C2)N3C(=O)OC(C)(C)C)c1.Cc1cc(F)nc(Cl)c1. The number of hydrogen-bond donors (Lipinski definition) is 1. The first-order valence-corrected chi connectivity index (χ1v) is 17.5. The van der Waals surface area contributed by atoms with Crippen LogP contribution in [-0.2, 0) is 9.47 Å². The van der Waals surface area contributed by atoms with E-state index in [2.05, 4.69) is 49.1 Å². The van der Waals surface area contributed by atoms with Gasteiger partial charge in [-0.3, -0.25) is 9.80 Å². The summed E-state index contributed by atoms with van der Waals surface area (Å²) < 4.78 is 24.1. The summed E-state index contributed by atoms with van der Waals surface area (Å²) in [4.78, 5) is 38.5. The van der Waals surface area contributed by atoms with Crippen LogP contribution >= 0.6 is 27.5 Å². The number of amides is 2. The van der Waals surface area contributed by atoms with Crippen molar-refractivity contribution in [2.75, 3.05) is 31.1 Å². The number of anilines is 1. The van der Waals surface area contributed by atoms with E-state index >= 15 is 0 Å². The fourth-order valence-electron chi connectivity index (χ4n) is 6.45. The number of rotatable bonds is 1. The molecule has 6 rings (SSSR count). The third-order valence-corrected chi connectivity index (χ3v) is 8.83. The lowest BCUT2D eigenvalue weighted by molar-refractivity contribution is 0.00973. The number of pyridine rings is 2. The van der Waals surface area contributed by atoms with Gasteiger partial charge in [0.25, 0.3) is 0 Å². The normalized spacial score (nSPS) is 23.3. The number of nitrogens with zero attached hydrogens (tertiary/aromatic N) is 5. The van der Waals surface area contributed by atoms with Gasteiger partial charge in [0, 0.05) is 38.3 Å². The first-order chi connectivity index (χ1) is 21.9. The van der Waals surface area contributed by atoms with Gasteiger partial charge in [0.05, 0.1) is 12.1 Å². The molecular weight excluding hydrogens is 691 g/mol. The van der Waals surface area contributed by atoms with Crippen molar-refractivity contribution < 1.29 is 23.5 Å². The standard InChI is InChI=1S/C17H24BrN3O2.C11H20N2O2.C6H5ClFN/c1-11-7-14(18)19-15(8-11)20-9-12-5-6-13(10-20)21(12)16(22)23-17(2,3)4;1-11(2,3)15-10(14)13-8-4-5-9(13)7-12-6-8;1-4-2-5(7)9-6(8)3-4/h7-8,12-13H,5-6,9-10H2,1-4H3;8-9,12H,4-7H2,1-3H3;2-3H,1H3. The van der Waals surface area contributed by atoms with E-state index in [1.54, 1.807) is 13.0 Å². The van der Waals surface area contributed by atoms with Crippen molar-refractivity contribution in [1.29, 1.82) is 0 Å². The van der Waals surface area contributed by atoms with Crippen LogP contribution in [-0.4, -0.2) is 93.5 Å². The summed E-state index contributed by atoms with van der Waals surface area (Å²) in [5, 5.41) is 3.55. The number of hydrogen-bond acceptors (Lipinski definition) is 8. The zero-order chi connectivity index (χ0) is 34.7. The summed E-state index contributed by atoms with van der Waals surface area (Å²) in [6, 6.07) is 8.16. The van der Waals surface area contributed by atoms with Crippen molar-refractivity contribution in [3.63, 3.8) is 0 Å². The Labute approximate surface area is 291 Å². The minimum atomic E-state index is -0.528. The highest BCUT2D eigenvalue weighted by atomic mass is 79.9. The summed E-state index contributed by atoms with van der Waals surface area (Å²) in [6.07, 6.45) is 3.97. The molecule has 260 valence electrons. The number of carbonyl (C=O) groups is 2. The number of fused-ring (bicyclic) bond motifs is 4. The quantitative estimate of drug-likeness (QED) is 0.305. The van der Waals surface area contributed by atoms with E-state index in [-0.39, 0.29) is 35.0 Å². The van der Waals surface area contributed by atoms with Crippen molar-refractivity contribution in [2.45, 2.75) is 116 Å². The Bertz CT molecular complexity index is 1320. The molecule has 0 radical (unpaired) electrons. The molecule has 4 saturated heterocycles. The van der Waals surface area contributed by atoms with Gasteiger partial charge < -0.3 is 19.7 Å². The second-order valence-electron chi connectivity index (χ2n) is 14.7. The summed E-state index contributed by atoms with van der Waals surface area (Å²) in [5.41, 5.74) is 1.13. The minimum absolute atomic E-state index is 0.142. The smallest absolute Gasteiger partial charge is 0.410 e. The molecular formula is C34H49BrClFN6O4. The summed E-state index contributed by atoms with van der Waals surface area (Å²) >= 11 is 8.87. The Hall–Kier alpha value is -2.70. The molecule has 2 aromatic heterocycles. The van der Waals surface area contributed by atoms with Gasteiger partial charge in [-0.1, -0.05) is 11.6 Å². The highest BCUT2D eigenvalue weighted by Gasteiger charge is 2.45. The van der Waals surface area contributed by atoms with E-state index in [1.807, 2.05) is 57.4 Å². The third kappa shape index (κ3) is 10.6. The van der Waals surface area contributed by atoms with Crippen LogP contribution in [0.5, 0.6) is 0 Å². The predicted octanol–water partition coefficient (Wildman–Crippen LogP) is 7.28. The van der Waals surface area contributed by atoms with E-state index in [4.69, 9.17) is 21.1 Å². The van der Waals surface area contributed by atoms with Crippen LogP contribution in [0.3, 0.4) is 0 Å². The van der Waals surface area contributed by atoms with Crippen LogP contribution in [0.2, 0.25) is 5.15 Å². The van der Waals surface area contributed by atoms with E-state index in [1.165, 1.54) is 11.6 Å². The number of carbonyl (C=O) groups excluding carboxylic acids is 2. The van der Waals surface area contributed by atoms with Crippen molar-refractivity contribution in [3.8, 4) is 0 Å². The van der Waals surface area contributed by atoms with Gasteiger partial charge in [0.1, 0.15) is 26.8 Å². The van der Waals surface area contributed by atoms with Crippen molar-refractivity contribution in [3.05, 3.63) is 51.1 Å². The number of aryl methyl sites for hydroxylation is 2. The first kappa shape index (κ1) is 37.1. The van der Waals surface area contributed by atoms with Gasteiger partial charge in [-0.2, -0.15) is 4.39 Å². The second kappa shape index (κ2) is 15.2. The van der Waals surface area contributed by atoms with Gasteiger partial charge in [-0.25, -0.2) is 19.6 Å². The molecule has 10 nitrogen and oxygen atoms in total. The van der Waals surface area contributed by atoms with E-state index in [0.717, 1.165) is 67.8 Å². The molecule has 0 aliphatic carbocycles. The van der Waals surface area contributed by atoms with Crippen LogP contribution in [0.1, 0.15) is 78.4 Å². The van der Waals surface area contributed by atoms with Gasteiger partial charge in [-0.05, 0) is 132 Å². The Balaban J connectivity index is 0.000000178. The molecule has 0 spiro atoms. The minimum Gasteiger partial charge on any atom is -0.444 e. The zero-order valence-corrected chi connectivity index (χ0v) is 31.1. The van der Waals surface area contributed by atoms with Crippen LogP contribution in [0.15, 0.2) is 28.9 Å². The Kier molecular flexibility index (Phi) is 12.0. The van der Waals surface area contributed by atoms with Gasteiger partial charge in [-0.15, -0.1) is 0 Å². The first-order valence-electron chi connectivity index (χ1n) is 16.3. The highest BCUT2D eigenvalue weighted by molar-refractivity contribution is 9.10. The monoisotopic (exact) mass is 738 g/mol. The molecule has 4 aliphatic heterocycles. The van der Waals surface area contributed by atoms with E-state index < -0.39 is 11.5 Å². The Morgan fingerprint density at radius 1 is 0.809 bits per heavy atom. The average molecular weight is 740 g/mol.